The predicted octanol–water partition coefficient (Wildman–Crippen LogP) is 2.04. The van der Waals surface area contributed by atoms with Crippen molar-refractivity contribution in [2.24, 2.45) is 0 Å². The van der Waals surface area contributed by atoms with E-state index in [-0.39, 0.29) is 17.8 Å². The van der Waals surface area contributed by atoms with Gasteiger partial charge in [-0.25, -0.2) is 0 Å². The van der Waals surface area contributed by atoms with Crippen LogP contribution in [0.5, 0.6) is 0 Å². The number of hydrogen-bond acceptors (Lipinski definition) is 5. The minimum atomic E-state index is -0.546. The monoisotopic (exact) mass is 249 g/mol. The molecule has 0 amide bonds. The maximum Gasteiger partial charge on any atom is 0.293 e. The standard InChI is InChI=1S/C12H15N3O3/c1-2-3-10(16)8-14-11-5-4-9(7-13)6-12(11)15(17)18/h4-6,10,14,16H,2-3,8H2,1H3. The van der Waals surface area contributed by atoms with Crippen LogP contribution in [0.25, 0.3) is 0 Å². The number of nitrogens with one attached hydrogen (secondary N) is 1. The first-order valence-electron chi connectivity index (χ1n) is 5.69. The molecule has 0 saturated carbocycles. The largest absolute Gasteiger partial charge is 0.391 e. The van der Waals surface area contributed by atoms with Gasteiger partial charge in [0, 0.05) is 12.6 Å². The first-order chi connectivity index (χ1) is 8.58. The van der Waals surface area contributed by atoms with Gasteiger partial charge in [0.2, 0.25) is 0 Å². The molecule has 0 aliphatic heterocycles. The second-order valence-electron chi connectivity index (χ2n) is 3.92. The predicted molar refractivity (Wildman–Crippen MR) is 67.2 cm³/mol. The fourth-order valence-corrected chi connectivity index (χ4v) is 1.56. The molecule has 6 nitrogen and oxygen atoms in total. The molecule has 6 heteroatoms. The van der Waals surface area contributed by atoms with Crippen molar-refractivity contribution >= 4 is 11.4 Å². The summed E-state index contributed by atoms with van der Waals surface area (Å²) in [7, 11) is 0. The van der Waals surface area contributed by atoms with Crippen molar-refractivity contribution in [2.75, 3.05) is 11.9 Å². The zero-order valence-electron chi connectivity index (χ0n) is 10.1. The molecule has 1 unspecified atom stereocenters. The van der Waals surface area contributed by atoms with E-state index in [1.165, 1.54) is 18.2 Å². The van der Waals surface area contributed by atoms with Crippen LogP contribution in [0.1, 0.15) is 25.3 Å². The summed E-state index contributed by atoms with van der Waals surface area (Å²) >= 11 is 0. The molecule has 1 aromatic rings. The number of aliphatic hydroxyl groups is 1. The zero-order valence-corrected chi connectivity index (χ0v) is 10.1. The summed E-state index contributed by atoms with van der Waals surface area (Å²) in [4.78, 5) is 10.3. The molecule has 0 spiro atoms. The summed E-state index contributed by atoms with van der Waals surface area (Å²) in [5, 5.41) is 31.9. The van der Waals surface area contributed by atoms with Gasteiger partial charge in [-0.1, -0.05) is 13.3 Å². The summed E-state index contributed by atoms with van der Waals surface area (Å²) in [6.07, 6.45) is 0.945. The van der Waals surface area contributed by atoms with E-state index in [2.05, 4.69) is 5.32 Å². The third-order valence-electron chi connectivity index (χ3n) is 2.47. The van der Waals surface area contributed by atoms with E-state index in [1.807, 2.05) is 13.0 Å². The van der Waals surface area contributed by atoms with Gasteiger partial charge in [-0.15, -0.1) is 0 Å². The Bertz CT molecular complexity index is 468. The second-order valence-corrected chi connectivity index (χ2v) is 3.92. The quantitative estimate of drug-likeness (QED) is 0.593. The molecule has 0 saturated heterocycles. The molecular formula is C12H15N3O3. The minimum absolute atomic E-state index is 0.155. The smallest absolute Gasteiger partial charge is 0.293 e. The number of rotatable bonds is 6. The number of anilines is 1. The molecule has 1 aromatic carbocycles. The van der Waals surface area contributed by atoms with Crippen molar-refractivity contribution < 1.29 is 10.0 Å². The Morgan fingerprint density at radius 3 is 2.89 bits per heavy atom. The Kier molecular flexibility index (Phi) is 5.08. The van der Waals surface area contributed by atoms with Crippen LogP contribution in [0.15, 0.2) is 18.2 Å². The van der Waals surface area contributed by atoms with Gasteiger partial charge in [0.05, 0.1) is 22.7 Å². The Hall–Kier alpha value is -2.13. The Balaban J connectivity index is 2.82. The summed E-state index contributed by atoms with van der Waals surface area (Å²) in [5.74, 6) is 0. The van der Waals surface area contributed by atoms with Gasteiger partial charge in [-0.2, -0.15) is 5.26 Å². The molecule has 0 aliphatic rings. The van der Waals surface area contributed by atoms with Gasteiger partial charge < -0.3 is 10.4 Å². The highest BCUT2D eigenvalue weighted by Gasteiger charge is 2.15. The molecule has 0 aliphatic carbocycles. The average Bonchev–Trinajstić information content (AvgIpc) is 2.36. The third-order valence-corrected chi connectivity index (χ3v) is 2.47. The van der Waals surface area contributed by atoms with Crippen molar-refractivity contribution in [1.29, 1.82) is 5.26 Å². The summed E-state index contributed by atoms with van der Waals surface area (Å²) in [5.41, 5.74) is 0.397. The number of nitriles is 1. The maximum atomic E-state index is 10.9. The van der Waals surface area contributed by atoms with E-state index in [1.54, 1.807) is 0 Å². The second kappa shape index (κ2) is 6.57. The van der Waals surface area contributed by atoms with Gasteiger partial charge in [-0.3, -0.25) is 10.1 Å². The Morgan fingerprint density at radius 1 is 1.61 bits per heavy atom. The van der Waals surface area contributed by atoms with Crippen molar-refractivity contribution in [3.8, 4) is 6.07 Å². The lowest BCUT2D eigenvalue weighted by Gasteiger charge is -2.11. The van der Waals surface area contributed by atoms with Crippen LogP contribution in [0, 0.1) is 21.4 Å². The lowest BCUT2D eigenvalue weighted by Crippen LogP contribution is -2.19. The normalized spacial score (nSPS) is 11.6. The maximum absolute atomic E-state index is 10.9. The lowest BCUT2D eigenvalue weighted by molar-refractivity contribution is -0.384. The van der Waals surface area contributed by atoms with E-state index in [0.29, 0.717) is 12.1 Å². The molecule has 18 heavy (non-hydrogen) atoms. The van der Waals surface area contributed by atoms with Crippen molar-refractivity contribution in [2.45, 2.75) is 25.9 Å². The molecular weight excluding hydrogens is 234 g/mol. The van der Waals surface area contributed by atoms with E-state index in [4.69, 9.17) is 5.26 Å². The highest BCUT2D eigenvalue weighted by molar-refractivity contribution is 5.64. The summed E-state index contributed by atoms with van der Waals surface area (Å²) in [6.45, 7) is 2.20. The van der Waals surface area contributed by atoms with Gasteiger partial charge in [0.25, 0.3) is 5.69 Å². The van der Waals surface area contributed by atoms with Crippen molar-refractivity contribution in [1.82, 2.24) is 0 Å². The number of hydrogen-bond donors (Lipinski definition) is 2. The van der Waals surface area contributed by atoms with Crippen LogP contribution < -0.4 is 5.32 Å². The highest BCUT2D eigenvalue weighted by atomic mass is 16.6. The SMILES string of the molecule is CCCC(O)CNc1ccc(C#N)cc1[N+](=O)[O-]. The lowest BCUT2D eigenvalue weighted by atomic mass is 10.1. The zero-order chi connectivity index (χ0) is 13.5. The van der Waals surface area contributed by atoms with Gasteiger partial charge in [-0.05, 0) is 18.6 Å². The van der Waals surface area contributed by atoms with Crippen LogP contribution in [0.3, 0.4) is 0 Å². The molecule has 0 heterocycles. The van der Waals surface area contributed by atoms with E-state index in [0.717, 1.165) is 6.42 Å². The van der Waals surface area contributed by atoms with Crippen LogP contribution in [0.2, 0.25) is 0 Å². The molecule has 0 aromatic heterocycles. The van der Waals surface area contributed by atoms with Gasteiger partial charge in [0.1, 0.15) is 5.69 Å². The van der Waals surface area contributed by atoms with Crippen molar-refractivity contribution in [3.05, 3.63) is 33.9 Å². The number of benzene rings is 1. The minimum Gasteiger partial charge on any atom is -0.391 e. The highest BCUT2D eigenvalue weighted by Crippen LogP contribution is 2.25. The molecule has 96 valence electrons. The van der Waals surface area contributed by atoms with Crippen LogP contribution in [-0.4, -0.2) is 22.7 Å². The number of nitro groups is 1. The number of aliphatic hydroxyl groups excluding tert-OH is 1. The topological polar surface area (TPSA) is 99.2 Å². The first-order valence-corrected chi connectivity index (χ1v) is 5.69. The summed E-state index contributed by atoms with van der Waals surface area (Å²) in [6, 6.07) is 6.05. The van der Waals surface area contributed by atoms with E-state index >= 15 is 0 Å². The third kappa shape index (κ3) is 3.71. The van der Waals surface area contributed by atoms with E-state index < -0.39 is 11.0 Å². The van der Waals surface area contributed by atoms with Crippen molar-refractivity contribution in [3.63, 3.8) is 0 Å². The molecule has 0 radical (unpaired) electrons. The molecule has 1 atom stereocenters. The van der Waals surface area contributed by atoms with Crippen LogP contribution in [-0.2, 0) is 0 Å². The molecule has 1 rings (SSSR count). The Morgan fingerprint density at radius 2 is 2.33 bits per heavy atom. The van der Waals surface area contributed by atoms with E-state index in [9.17, 15) is 15.2 Å². The van der Waals surface area contributed by atoms with Gasteiger partial charge in [0.15, 0.2) is 0 Å². The van der Waals surface area contributed by atoms with Crippen LogP contribution >= 0.6 is 0 Å². The fourth-order valence-electron chi connectivity index (χ4n) is 1.56. The van der Waals surface area contributed by atoms with Crippen LogP contribution in [0.4, 0.5) is 11.4 Å². The number of nitrogens with zero attached hydrogens (tertiary/aromatic N) is 2. The molecule has 0 bridgehead atoms. The number of nitro benzene ring substituents is 1. The van der Waals surface area contributed by atoms with Gasteiger partial charge >= 0.3 is 0 Å². The summed E-state index contributed by atoms with van der Waals surface area (Å²) < 4.78 is 0. The molecule has 0 fully saturated rings. The fraction of sp³-hybridized carbons (Fsp3) is 0.417. The first kappa shape index (κ1) is 13.9. The average molecular weight is 249 g/mol. The Labute approximate surface area is 105 Å². The molecule has 2 N–H and O–H groups in total.